The number of hydrogen-bond acceptors (Lipinski definition) is 4. The van der Waals surface area contributed by atoms with Crippen molar-refractivity contribution in [2.45, 2.75) is 13.0 Å². The molecule has 1 amide bonds. The lowest BCUT2D eigenvalue weighted by molar-refractivity contribution is 0.102. The second kappa shape index (κ2) is 6.68. The smallest absolute Gasteiger partial charge is 0.262 e. The monoisotopic (exact) mass is 334 g/mol. The van der Waals surface area contributed by atoms with Crippen LogP contribution in [0.15, 0.2) is 60.8 Å². The minimum atomic E-state index is -0.216. The van der Waals surface area contributed by atoms with Gasteiger partial charge in [-0.05, 0) is 36.4 Å². The number of hydrogen-bond donors (Lipinski definition) is 2. The van der Waals surface area contributed by atoms with Gasteiger partial charge < -0.3 is 15.4 Å². The maximum Gasteiger partial charge on any atom is 0.262 e. The molecule has 25 heavy (non-hydrogen) atoms. The first-order valence-corrected chi connectivity index (χ1v) is 8.22. The first kappa shape index (κ1) is 15.3. The highest BCUT2D eigenvalue weighted by Gasteiger charge is 2.21. The molecule has 4 rings (SSSR count). The molecule has 0 radical (unpaired) electrons. The fourth-order valence-corrected chi connectivity index (χ4v) is 2.75. The summed E-state index contributed by atoms with van der Waals surface area (Å²) in [7, 11) is 0. The van der Waals surface area contributed by atoms with E-state index in [9.17, 15) is 4.79 Å². The molecule has 0 atom stereocenters. The highest BCUT2D eigenvalue weighted by molar-refractivity contribution is 6.05. The number of amides is 1. The summed E-state index contributed by atoms with van der Waals surface area (Å²) in [6.07, 6.45) is 2.47. The molecule has 0 spiro atoms. The molecule has 0 saturated carbocycles. The zero-order chi connectivity index (χ0) is 17.1. The van der Waals surface area contributed by atoms with Gasteiger partial charge in [-0.25, -0.2) is 4.68 Å². The van der Waals surface area contributed by atoms with Crippen molar-refractivity contribution in [2.24, 2.45) is 0 Å². The minimum absolute atomic E-state index is 0.216. The molecule has 3 aromatic rings. The van der Waals surface area contributed by atoms with Crippen molar-refractivity contribution in [2.75, 3.05) is 17.2 Å². The lowest BCUT2D eigenvalue weighted by Gasteiger charge is -2.16. The van der Waals surface area contributed by atoms with Crippen LogP contribution in [0.25, 0.3) is 0 Å². The van der Waals surface area contributed by atoms with Gasteiger partial charge in [-0.2, -0.15) is 5.10 Å². The van der Waals surface area contributed by atoms with Gasteiger partial charge in [0.05, 0.1) is 12.8 Å². The van der Waals surface area contributed by atoms with Gasteiger partial charge in [-0.15, -0.1) is 0 Å². The second-order valence-corrected chi connectivity index (χ2v) is 5.81. The number of ether oxygens (including phenoxy) is 1. The largest absolute Gasteiger partial charge is 0.477 e. The molecule has 6 heteroatoms. The Morgan fingerprint density at radius 3 is 2.52 bits per heavy atom. The highest BCUT2D eigenvalue weighted by atomic mass is 16.5. The number of benzene rings is 2. The van der Waals surface area contributed by atoms with E-state index in [0.29, 0.717) is 18.1 Å². The van der Waals surface area contributed by atoms with Gasteiger partial charge in [0.15, 0.2) is 0 Å². The average molecular weight is 334 g/mol. The van der Waals surface area contributed by atoms with Crippen LogP contribution < -0.4 is 15.4 Å². The van der Waals surface area contributed by atoms with Crippen molar-refractivity contribution in [3.8, 4) is 5.88 Å². The number of fused-ring (bicyclic) bond motifs is 1. The first-order valence-electron chi connectivity index (χ1n) is 8.22. The molecule has 1 aromatic heterocycles. The van der Waals surface area contributed by atoms with Crippen LogP contribution in [0, 0.1) is 0 Å². The van der Waals surface area contributed by atoms with Gasteiger partial charge in [0.2, 0.25) is 5.88 Å². The quantitative estimate of drug-likeness (QED) is 0.764. The maximum atomic E-state index is 12.5. The number of carbonyl (C=O) groups is 1. The number of para-hydroxylation sites is 1. The Bertz CT molecular complexity index is 872. The van der Waals surface area contributed by atoms with E-state index in [4.69, 9.17) is 4.74 Å². The Balaban J connectivity index is 1.44. The Kier molecular flexibility index (Phi) is 4.08. The number of nitrogens with one attached hydrogen (secondary N) is 2. The van der Waals surface area contributed by atoms with E-state index in [1.54, 1.807) is 10.9 Å². The van der Waals surface area contributed by atoms with Crippen LogP contribution >= 0.6 is 0 Å². The number of aromatic nitrogens is 2. The molecule has 1 aliphatic heterocycles. The number of nitrogens with zero attached hydrogens (tertiary/aromatic N) is 2. The third-order valence-electron chi connectivity index (χ3n) is 3.99. The molecular formula is C19H18N4O2. The van der Waals surface area contributed by atoms with E-state index in [1.165, 1.54) is 0 Å². The predicted octanol–water partition coefficient (Wildman–Crippen LogP) is 3.66. The van der Waals surface area contributed by atoms with Crippen molar-refractivity contribution < 1.29 is 9.53 Å². The van der Waals surface area contributed by atoms with Crippen LogP contribution in [0.3, 0.4) is 0 Å². The standard InChI is InChI=1S/C19H18N4O2/c24-18(17-13-20-23-11-4-12-25-19(17)23)22-16-9-7-15(8-10-16)21-14-5-2-1-3-6-14/h1-3,5-10,13,21H,4,11-12H2,(H,22,24). The van der Waals surface area contributed by atoms with Crippen LogP contribution in [-0.4, -0.2) is 22.3 Å². The summed E-state index contributed by atoms with van der Waals surface area (Å²) in [5.41, 5.74) is 3.16. The fourth-order valence-electron chi connectivity index (χ4n) is 2.75. The van der Waals surface area contributed by atoms with Crippen LogP contribution in [0.5, 0.6) is 5.88 Å². The molecule has 0 fully saturated rings. The average Bonchev–Trinajstić information content (AvgIpc) is 3.08. The van der Waals surface area contributed by atoms with Crippen molar-refractivity contribution >= 4 is 23.0 Å². The summed E-state index contributed by atoms with van der Waals surface area (Å²) in [4.78, 5) is 12.5. The second-order valence-electron chi connectivity index (χ2n) is 5.81. The van der Waals surface area contributed by atoms with Gasteiger partial charge in [-0.3, -0.25) is 4.79 Å². The third kappa shape index (κ3) is 3.33. The van der Waals surface area contributed by atoms with Gasteiger partial charge in [-0.1, -0.05) is 18.2 Å². The van der Waals surface area contributed by atoms with Crippen molar-refractivity contribution in [1.82, 2.24) is 9.78 Å². The van der Waals surface area contributed by atoms with E-state index in [-0.39, 0.29) is 5.91 Å². The normalized spacial score (nSPS) is 12.8. The van der Waals surface area contributed by atoms with Crippen LogP contribution in [0.4, 0.5) is 17.1 Å². The van der Waals surface area contributed by atoms with E-state index < -0.39 is 0 Å². The molecule has 2 N–H and O–H groups in total. The summed E-state index contributed by atoms with van der Waals surface area (Å²) in [6, 6.07) is 17.5. The molecule has 2 heterocycles. The zero-order valence-corrected chi connectivity index (χ0v) is 13.6. The molecule has 0 bridgehead atoms. The molecule has 0 saturated heterocycles. The van der Waals surface area contributed by atoms with Gasteiger partial charge >= 0.3 is 0 Å². The lowest BCUT2D eigenvalue weighted by atomic mass is 10.2. The summed E-state index contributed by atoms with van der Waals surface area (Å²) in [6.45, 7) is 1.40. The Labute approximate surface area is 145 Å². The Morgan fingerprint density at radius 1 is 1.00 bits per heavy atom. The maximum absolute atomic E-state index is 12.5. The molecule has 6 nitrogen and oxygen atoms in total. The summed E-state index contributed by atoms with van der Waals surface area (Å²) >= 11 is 0. The van der Waals surface area contributed by atoms with E-state index in [1.807, 2.05) is 54.6 Å². The van der Waals surface area contributed by atoms with E-state index >= 15 is 0 Å². The minimum Gasteiger partial charge on any atom is -0.477 e. The molecule has 126 valence electrons. The lowest BCUT2D eigenvalue weighted by Crippen LogP contribution is -2.18. The van der Waals surface area contributed by atoms with Crippen LogP contribution in [0.1, 0.15) is 16.8 Å². The Morgan fingerprint density at radius 2 is 1.72 bits per heavy atom. The number of rotatable bonds is 4. The number of carbonyl (C=O) groups excluding carboxylic acids is 1. The predicted molar refractivity (Wildman–Crippen MR) is 96.5 cm³/mol. The third-order valence-corrected chi connectivity index (χ3v) is 3.99. The summed E-state index contributed by atoms with van der Waals surface area (Å²) in [5.74, 6) is 0.332. The van der Waals surface area contributed by atoms with Gasteiger partial charge in [0, 0.05) is 30.0 Å². The van der Waals surface area contributed by atoms with Crippen molar-refractivity contribution in [1.29, 1.82) is 0 Å². The molecule has 2 aromatic carbocycles. The van der Waals surface area contributed by atoms with Crippen molar-refractivity contribution in [3.63, 3.8) is 0 Å². The fraction of sp³-hybridized carbons (Fsp3) is 0.158. The molecular weight excluding hydrogens is 316 g/mol. The number of anilines is 3. The van der Waals surface area contributed by atoms with Crippen LogP contribution in [-0.2, 0) is 6.54 Å². The zero-order valence-electron chi connectivity index (χ0n) is 13.6. The SMILES string of the molecule is O=C(Nc1ccc(Nc2ccccc2)cc1)c1cnn2c1OCCC2. The summed E-state index contributed by atoms with van der Waals surface area (Å²) in [5, 5.41) is 10.4. The summed E-state index contributed by atoms with van der Waals surface area (Å²) < 4.78 is 7.30. The Hall–Kier alpha value is -3.28. The van der Waals surface area contributed by atoms with Crippen molar-refractivity contribution in [3.05, 3.63) is 66.4 Å². The topological polar surface area (TPSA) is 68.2 Å². The van der Waals surface area contributed by atoms with E-state index in [0.717, 1.165) is 30.0 Å². The van der Waals surface area contributed by atoms with E-state index in [2.05, 4.69) is 15.7 Å². The number of aryl methyl sites for hydroxylation is 1. The molecule has 0 unspecified atom stereocenters. The molecule has 0 aliphatic carbocycles. The first-order chi connectivity index (χ1) is 12.3. The van der Waals surface area contributed by atoms with Crippen LogP contribution in [0.2, 0.25) is 0 Å². The van der Waals surface area contributed by atoms with Gasteiger partial charge in [0.25, 0.3) is 5.91 Å². The van der Waals surface area contributed by atoms with Gasteiger partial charge in [0.1, 0.15) is 5.56 Å². The highest BCUT2D eigenvalue weighted by Crippen LogP contribution is 2.24. The molecule has 1 aliphatic rings.